The monoisotopic (exact) mass is 270 g/mol. The highest BCUT2D eigenvalue weighted by atomic mass is 16.5. The zero-order chi connectivity index (χ0) is 14.4. The number of benzene rings is 1. The van der Waals surface area contributed by atoms with Gasteiger partial charge in [-0.1, -0.05) is 32.0 Å². The van der Waals surface area contributed by atoms with Gasteiger partial charge in [0.25, 0.3) is 0 Å². The maximum absolute atomic E-state index is 6.04. The first kappa shape index (κ1) is 14.4. The second kappa shape index (κ2) is 6.94. The summed E-state index contributed by atoms with van der Waals surface area (Å²) in [6, 6.07) is 12.0. The number of anilines is 1. The number of para-hydroxylation sites is 1. The highest BCUT2D eigenvalue weighted by molar-refractivity contribution is 5.44. The standard InChI is InChI=1S/C17H22N2O/c1-4-13(3)15-8-6-7-9-16(15)20-14-10-11-19-17(12-14)18-5-2/h6-13H,4-5H2,1-3H3,(H,18,19). The molecular weight excluding hydrogens is 248 g/mol. The zero-order valence-electron chi connectivity index (χ0n) is 12.4. The first-order chi connectivity index (χ1) is 9.74. The Bertz CT molecular complexity index is 554. The summed E-state index contributed by atoms with van der Waals surface area (Å²) in [6.45, 7) is 7.31. The summed E-state index contributed by atoms with van der Waals surface area (Å²) in [5.74, 6) is 3.06. The molecule has 3 nitrogen and oxygen atoms in total. The fourth-order valence-electron chi connectivity index (χ4n) is 2.08. The first-order valence-electron chi connectivity index (χ1n) is 7.21. The lowest BCUT2D eigenvalue weighted by Gasteiger charge is -2.15. The van der Waals surface area contributed by atoms with E-state index in [1.54, 1.807) is 6.20 Å². The molecule has 1 aromatic carbocycles. The average molecular weight is 270 g/mol. The predicted molar refractivity (Wildman–Crippen MR) is 83.6 cm³/mol. The van der Waals surface area contributed by atoms with Crippen LogP contribution < -0.4 is 10.1 Å². The van der Waals surface area contributed by atoms with Crippen LogP contribution in [0.4, 0.5) is 5.82 Å². The number of rotatable bonds is 6. The molecule has 1 N–H and O–H groups in total. The van der Waals surface area contributed by atoms with Gasteiger partial charge in [-0.05, 0) is 37.0 Å². The molecule has 1 unspecified atom stereocenters. The van der Waals surface area contributed by atoms with Gasteiger partial charge in [-0.15, -0.1) is 0 Å². The highest BCUT2D eigenvalue weighted by Crippen LogP contribution is 2.32. The summed E-state index contributed by atoms with van der Waals surface area (Å²) < 4.78 is 6.04. The summed E-state index contributed by atoms with van der Waals surface area (Å²) in [5, 5.41) is 3.19. The molecule has 0 radical (unpaired) electrons. The summed E-state index contributed by atoms with van der Waals surface area (Å²) in [5.41, 5.74) is 1.25. The van der Waals surface area contributed by atoms with Crippen molar-refractivity contribution in [2.75, 3.05) is 11.9 Å². The van der Waals surface area contributed by atoms with E-state index in [4.69, 9.17) is 4.74 Å². The normalized spacial score (nSPS) is 11.9. The third kappa shape index (κ3) is 3.50. The molecule has 1 heterocycles. The predicted octanol–water partition coefficient (Wildman–Crippen LogP) is 4.82. The van der Waals surface area contributed by atoms with Gasteiger partial charge in [-0.2, -0.15) is 0 Å². The molecule has 1 atom stereocenters. The Balaban J connectivity index is 2.23. The minimum atomic E-state index is 0.487. The molecule has 0 aliphatic heterocycles. The van der Waals surface area contributed by atoms with Crippen molar-refractivity contribution in [2.24, 2.45) is 0 Å². The topological polar surface area (TPSA) is 34.1 Å². The number of ether oxygens (including phenoxy) is 1. The summed E-state index contributed by atoms with van der Waals surface area (Å²) in [6.07, 6.45) is 2.86. The molecule has 2 aromatic rings. The van der Waals surface area contributed by atoms with Crippen molar-refractivity contribution in [3.8, 4) is 11.5 Å². The lowest BCUT2D eigenvalue weighted by Crippen LogP contribution is -2.00. The first-order valence-corrected chi connectivity index (χ1v) is 7.21. The van der Waals surface area contributed by atoms with E-state index in [2.05, 4.69) is 36.3 Å². The molecule has 0 aliphatic rings. The second-order valence-electron chi connectivity index (χ2n) is 4.86. The Kier molecular flexibility index (Phi) is 4.99. The van der Waals surface area contributed by atoms with Gasteiger partial charge in [-0.3, -0.25) is 0 Å². The Hall–Kier alpha value is -2.03. The van der Waals surface area contributed by atoms with Crippen molar-refractivity contribution >= 4 is 5.82 Å². The van der Waals surface area contributed by atoms with Gasteiger partial charge < -0.3 is 10.1 Å². The molecule has 2 rings (SSSR count). The molecule has 0 amide bonds. The van der Waals surface area contributed by atoms with Crippen LogP contribution in [0, 0.1) is 0 Å². The number of hydrogen-bond donors (Lipinski definition) is 1. The van der Waals surface area contributed by atoms with Gasteiger partial charge in [0.1, 0.15) is 17.3 Å². The highest BCUT2D eigenvalue weighted by Gasteiger charge is 2.10. The van der Waals surface area contributed by atoms with Crippen molar-refractivity contribution < 1.29 is 4.74 Å². The van der Waals surface area contributed by atoms with Gasteiger partial charge in [0.05, 0.1) is 0 Å². The Morgan fingerprint density at radius 1 is 1.20 bits per heavy atom. The number of hydrogen-bond acceptors (Lipinski definition) is 3. The van der Waals surface area contributed by atoms with Gasteiger partial charge >= 0.3 is 0 Å². The molecule has 0 saturated carbocycles. The number of nitrogens with one attached hydrogen (secondary N) is 1. The van der Waals surface area contributed by atoms with E-state index in [0.29, 0.717) is 5.92 Å². The van der Waals surface area contributed by atoms with Crippen LogP contribution in [0.3, 0.4) is 0 Å². The van der Waals surface area contributed by atoms with Crippen LogP contribution in [0.5, 0.6) is 11.5 Å². The summed E-state index contributed by atoms with van der Waals surface area (Å²) >= 11 is 0. The van der Waals surface area contributed by atoms with Crippen LogP contribution in [0.15, 0.2) is 42.6 Å². The van der Waals surface area contributed by atoms with E-state index in [9.17, 15) is 0 Å². The SMILES string of the molecule is CCNc1cc(Oc2ccccc2C(C)CC)ccn1. The van der Waals surface area contributed by atoms with Crippen molar-refractivity contribution in [3.05, 3.63) is 48.2 Å². The molecule has 0 aliphatic carbocycles. The van der Waals surface area contributed by atoms with Crippen LogP contribution in [-0.4, -0.2) is 11.5 Å². The fourth-order valence-corrected chi connectivity index (χ4v) is 2.08. The average Bonchev–Trinajstić information content (AvgIpc) is 2.48. The summed E-state index contributed by atoms with van der Waals surface area (Å²) in [7, 11) is 0. The molecule has 1 aromatic heterocycles. The van der Waals surface area contributed by atoms with E-state index in [0.717, 1.165) is 30.3 Å². The molecule has 0 saturated heterocycles. The molecule has 20 heavy (non-hydrogen) atoms. The third-order valence-corrected chi connectivity index (χ3v) is 3.38. The lowest BCUT2D eigenvalue weighted by molar-refractivity contribution is 0.470. The van der Waals surface area contributed by atoms with Crippen molar-refractivity contribution in [3.63, 3.8) is 0 Å². The molecular formula is C17H22N2O. The molecule has 3 heteroatoms. The van der Waals surface area contributed by atoms with Crippen LogP contribution in [0.1, 0.15) is 38.7 Å². The van der Waals surface area contributed by atoms with Crippen LogP contribution >= 0.6 is 0 Å². The van der Waals surface area contributed by atoms with Gasteiger partial charge in [-0.25, -0.2) is 4.98 Å². The van der Waals surface area contributed by atoms with E-state index < -0.39 is 0 Å². The van der Waals surface area contributed by atoms with E-state index in [-0.39, 0.29) is 0 Å². The number of pyridine rings is 1. The van der Waals surface area contributed by atoms with Gasteiger partial charge in [0.15, 0.2) is 0 Å². The number of aromatic nitrogens is 1. The lowest BCUT2D eigenvalue weighted by atomic mass is 9.98. The second-order valence-corrected chi connectivity index (χ2v) is 4.86. The Morgan fingerprint density at radius 2 is 2.00 bits per heavy atom. The Morgan fingerprint density at radius 3 is 2.75 bits per heavy atom. The maximum Gasteiger partial charge on any atom is 0.132 e. The van der Waals surface area contributed by atoms with Crippen molar-refractivity contribution in [1.82, 2.24) is 4.98 Å². The van der Waals surface area contributed by atoms with E-state index in [1.165, 1.54) is 5.56 Å². The third-order valence-electron chi connectivity index (χ3n) is 3.38. The van der Waals surface area contributed by atoms with Crippen molar-refractivity contribution in [1.29, 1.82) is 0 Å². The largest absolute Gasteiger partial charge is 0.457 e. The van der Waals surface area contributed by atoms with E-state index in [1.807, 2.05) is 31.2 Å². The zero-order valence-corrected chi connectivity index (χ0v) is 12.4. The smallest absolute Gasteiger partial charge is 0.132 e. The number of nitrogens with zero attached hydrogens (tertiary/aromatic N) is 1. The van der Waals surface area contributed by atoms with E-state index >= 15 is 0 Å². The van der Waals surface area contributed by atoms with Crippen LogP contribution in [-0.2, 0) is 0 Å². The van der Waals surface area contributed by atoms with Crippen LogP contribution in [0.2, 0.25) is 0 Å². The molecule has 0 bridgehead atoms. The van der Waals surface area contributed by atoms with Crippen molar-refractivity contribution in [2.45, 2.75) is 33.1 Å². The van der Waals surface area contributed by atoms with Gasteiger partial charge in [0.2, 0.25) is 0 Å². The summed E-state index contributed by atoms with van der Waals surface area (Å²) in [4.78, 5) is 4.25. The van der Waals surface area contributed by atoms with Crippen LogP contribution in [0.25, 0.3) is 0 Å². The molecule has 0 fully saturated rings. The minimum absolute atomic E-state index is 0.487. The quantitative estimate of drug-likeness (QED) is 0.817. The van der Waals surface area contributed by atoms with Gasteiger partial charge in [0, 0.05) is 18.8 Å². The maximum atomic E-state index is 6.04. The molecule has 106 valence electrons. The minimum Gasteiger partial charge on any atom is -0.457 e. The molecule has 0 spiro atoms. The Labute approximate surface area is 121 Å². The fraction of sp³-hybridized carbons (Fsp3) is 0.353.